The Morgan fingerprint density at radius 2 is 1.75 bits per heavy atom. The highest BCUT2D eigenvalue weighted by atomic mass is 16.2. The zero-order valence-electron chi connectivity index (χ0n) is 14.2. The lowest BCUT2D eigenvalue weighted by Crippen LogP contribution is -2.37. The molecule has 0 saturated carbocycles. The van der Waals surface area contributed by atoms with Crippen molar-refractivity contribution in [1.29, 1.82) is 0 Å². The van der Waals surface area contributed by atoms with Gasteiger partial charge in [0, 0.05) is 0 Å². The average Bonchev–Trinajstić information content (AvgIpc) is 2.58. The summed E-state index contributed by atoms with van der Waals surface area (Å²) in [6.07, 6.45) is 0.960. The largest absolute Gasteiger partial charge is 0.397 e. The fourth-order valence-corrected chi connectivity index (χ4v) is 2.34. The summed E-state index contributed by atoms with van der Waals surface area (Å²) in [4.78, 5) is 24.2. The van der Waals surface area contributed by atoms with Crippen molar-refractivity contribution in [2.45, 2.75) is 33.2 Å². The number of amides is 2. The number of aryl methyl sites for hydroxylation is 2. The minimum atomic E-state index is -0.732. The van der Waals surface area contributed by atoms with Crippen molar-refractivity contribution in [1.82, 2.24) is 5.32 Å². The van der Waals surface area contributed by atoms with E-state index in [1.807, 2.05) is 44.2 Å². The molecule has 126 valence electrons. The van der Waals surface area contributed by atoms with E-state index in [0.29, 0.717) is 11.4 Å². The Morgan fingerprint density at radius 1 is 1.08 bits per heavy atom. The van der Waals surface area contributed by atoms with Gasteiger partial charge in [-0.3, -0.25) is 9.59 Å². The van der Waals surface area contributed by atoms with Gasteiger partial charge in [-0.15, -0.1) is 0 Å². The van der Waals surface area contributed by atoms with Gasteiger partial charge in [0.2, 0.25) is 0 Å². The van der Waals surface area contributed by atoms with Crippen LogP contribution in [0.1, 0.15) is 36.6 Å². The number of anilines is 2. The summed E-state index contributed by atoms with van der Waals surface area (Å²) in [7, 11) is 0. The summed E-state index contributed by atoms with van der Waals surface area (Å²) >= 11 is 0. The number of hydrogen-bond donors (Lipinski definition) is 3. The first kappa shape index (κ1) is 17.5. The second-order valence-electron chi connectivity index (χ2n) is 5.84. The van der Waals surface area contributed by atoms with E-state index in [-0.39, 0.29) is 6.04 Å². The quantitative estimate of drug-likeness (QED) is 0.597. The zero-order valence-corrected chi connectivity index (χ0v) is 14.2. The molecule has 0 radical (unpaired) electrons. The predicted molar refractivity (Wildman–Crippen MR) is 96.6 cm³/mol. The van der Waals surface area contributed by atoms with Crippen LogP contribution in [-0.4, -0.2) is 11.8 Å². The number of carbonyl (C=O) groups is 2. The Bertz CT molecular complexity index is 739. The Balaban J connectivity index is 2.00. The molecule has 1 unspecified atom stereocenters. The molecule has 0 heterocycles. The summed E-state index contributed by atoms with van der Waals surface area (Å²) in [5.74, 6) is -1.42. The maximum Gasteiger partial charge on any atom is 0.313 e. The predicted octanol–water partition coefficient (Wildman–Crippen LogP) is 2.96. The molecule has 0 fully saturated rings. The van der Waals surface area contributed by atoms with E-state index in [2.05, 4.69) is 17.6 Å². The molecule has 24 heavy (non-hydrogen) atoms. The molecule has 0 spiro atoms. The lowest BCUT2D eigenvalue weighted by Gasteiger charge is -2.15. The average molecular weight is 325 g/mol. The molecule has 0 aromatic heterocycles. The van der Waals surface area contributed by atoms with Gasteiger partial charge in [-0.25, -0.2) is 0 Å². The van der Waals surface area contributed by atoms with Gasteiger partial charge in [0.05, 0.1) is 17.4 Å². The van der Waals surface area contributed by atoms with E-state index in [0.717, 1.165) is 17.5 Å². The number of nitrogens with two attached hydrogens (primary N) is 1. The third-order valence-electron chi connectivity index (χ3n) is 3.90. The Morgan fingerprint density at radius 3 is 2.38 bits per heavy atom. The molecule has 1 atom stereocenters. The van der Waals surface area contributed by atoms with Gasteiger partial charge in [0.25, 0.3) is 0 Å². The van der Waals surface area contributed by atoms with Crippen LogP contribution in [-0.2, 0) is 16.0 Å². The number of benzene rings is 2. The van der Waals surface area contributed by atoms with Gasteiger partial charge >= 0.3 is 11.8 Å². The van der Waals surface area contributed by atoms with Crippen LogP contribution in [0.3, 0.4) is 0 Å². The third-order valence-corrected chi connectivity index (χ3v) is 3.90. The first-order valence-electron chi connectivity index (χ1n) is 7.97. The highest BCUT2D eigenvalue weighted by Crippen LogP contribution is 2.19. The molecule has 0 aliphatic carbocycles. The van der Waals surface area contributed by atoms with Crippen molar-refractivity contribution in [3.63, 3.8) is 0 Å². The first-order valence-corrected chi connectivity index (χ1v) is 7.97. The van der Waals surface area contributed by atoms with E-state index < -0.39 is 11.8 Å². The first-order chi connectivity index (χ1) is 11.4. The Kier molecular flexibility index (Phi) is 5.58. The fraction of sp³-hybridized carbons (Fsp3) is 0.263. The highest BCUT2D eigenvalue weighted by molar-refractivity contribution is 6.40. The van der Waals surface area contributed by atoms with Crippen molar-refractivity contribution in [3.8, 4) is 0 Å². The number of hydrogen-bond acceptors (Lipinski definition) is 3. The summed E-state index contributed by atoms with van der Waals surface area (Å²) in [6, 6.07) is 13.0. The number of nitrogens with one attached hydrogen (secondary N) is 2. The molecule has 5 heteroatoms. The van der Waals surface area contributed by atoms with Gasteiger partial charge < -0.3 is 16.4 Å². The number of rotatable bonds is 4. The Hall–Kier alpha value is -2.82. The lowest BCUT2D eigenvalue weighted by atomic mass is 10.0. The van der Waals surface area contributed by atoms with Crippen molar-refractivity contribution < 1.29 is 9.59 Å². The van der Waals surface area contributed by atoms with Crippen LogP contribution in [0.15, 0.2) is 42.5 Å². The molecule has 2 aromatic rings. The van der Waals surface area contributed by atoms with E-state index in [1.54, 1.807) is 12.1 Å². The summed E-state index contributed by atoms with van der Waals surface area (Å²) < 4.78 is 0. The van der Waals surface area contributed by atoms with Gasteiger partial charge in [-0.2, -0.15) is 0 Å². The fourth-order valence-electron chi connectivity index (χ4n) is 2.34. The van der Waals surface area contributed by atoms with Gasteiger partial charge in [0.15, 0.2) is 0 Å². The Labute approximate surface area is 142 Å². The van der Waals surface area contributed by atoms with Crippen LogP contribution in [0.2, 0.25) is 0 Å². The highest BCUT2D eigenvalue weighted by Gasteiger charge is 2.18. The van der Waals surface area contributed by atoms with Crippen molar-refractivity contribution in [2.75, 3.05) is 11.1 Å². The topological polar surface area (TPSA) is 84.2 Å². The molecule has 0 bridgehead atoms. The summed E-state index contributed by atoms with van der Waals surface area (Å²) in [5.41, 5.74) is 9.80. The summed E-state index contributed by atoms with van der Waals surface area (Å²) in [5, 5.41) is 5.25. The zero-order chi connectivity index (χ0) is 17.7. The van der Waals surface area contributed by atoms with Crippen LogP contribution < -0.4 is 16.4 Å². The molecular formula is C19H23N3O2. The van der Waals surface area contributed by atoms with Crippen LogP contribution in [0.4, 0.5) is 11.4 Å². The van der Waals surface area contributed by atoms with Crippen LogP contribution >= 0.6 is 0 Å². The smallest absolute Gasteiger partial charge is 0.313 e. The molecule has 2 amide bonds. The van der Waals surface area contributed by atoms with Crippen molar-refractivity contribution in [2.24, 2.45) is 0 Å². The molecule has 0 saturated heterocycles. The number of nitrogen functional groups attached to an aromatic ring is 1. The standard InChI is InChI=1S/C19H23N3O2/c1-4-14-6-8-15(9-7-14)13(3)21-18(23)19(24)22-17-11-12(2)5-10-16(17)20/h5-11,13H,4,20H2,1-3H3,(H,21,23)(H,22,24). The normalized spacial score (nSPS) is 11.6. The SMILES string of the molecule is CCc1ccc(C(C)NC(=O)C(=O)Nc2cc(C)ccc2N)cc1. The minimum Gasteiger partial charge on any atom is -0.397 e. The van der Waals surface area contributed by atoms with Crippen molar-refractivity contribution >= 4 is 23.2 Å². The second-order valence-corrected chi connectivity index (χ2v) is 5.84. The van der Waals surface area contributed by atoms with E-state index in [1.165, 1.54) is 5.56 Å². The molecular weight excluding hydrogens is 302 g/mol. The maximum absolute atomic E-state index is 12.1. The molecule has 5 nitrogen and oxygen atoms in total. The molecule has 2 aromatic carbocycles. The number of carbonyl (C=O) groups excluding carboxylic acids is 2. The van der Waals surface area contributed by atoms with E-state index >= 15 is 0 Å². The second kappa shape index (κ2) is 7.64. The monoisotopic (exact) mass is 325 g/mol. The summed E-state index contributed by atoms with van der Waals surface area (Å²) in [6.45, 7) is 5.81. The van der Waals surface area contributed by atoms with Crippen molar-refractivity contribution in [3.05, 3.63) is 59.2 Å². The van der Waals surface area contributed by atoms with Crippen LogP contribution in [0, 0.1) is 6.92 Å². The van der Waals surface area contributed by atoms with Gasteiger partial charge in [-0.1, -0.05) is 37.3 Å². The van der Waals surface area contributed by atoms with E-state index in [4.69, 9.17) is 5.73 Å². The van der Waals surface area contributed by atoms with Gasteiger partial charge in [-0.05, 0) is 49.1 Å². The van der Waals surface area contributed by atoms with Crippen LogP contribution in [0.25, 0.3) is 0 Å². The lowest BCUT2D eigenvalue weighted by molar-refractivity contribution is -0.136. The maximum atomic E-state index is 12.1. The molecule has 0 aliphatic heterocycles. The molecule has 2 rings (SSSR count). The molecule has 0 aliphatic rings. The van der Waals surface area contributed by atoms with Gasteiger partial charge in [0.1, 0.15) is 0 Å². The third kappa shape index (κ3) is 4.35. The minimum absolute atomic E-state index is 0.260. The molecule has 4 N–H and O–H groups in total. The van der Waals surface area contributed by atoms with Crippen LogP contribution in [0.5, 0.6) is 0 Å². The van der Waals surface area contributed by atoms with E-state index in [9.17, 15) is 9.59 Å².